The Labute approximate surface area is 337 Å². The molecule has 0 aliphatic rings. The van der Waals surface area contributed by atoms with Crippen LogP contribution in [0.5, 0.6) is 0 Å². The van der Waals surface area contributed by atoms with Gasteiger partial charge in [-0.05, 0) is 55.4 Å². The summed E-state index contributed by atoms with van der Waals surface area (Å²) in [6, 6.07) is 61.6. The minimum atomic E-state index is -3.00. The molecule has 0 saturated heterocycles. The fourth-order valence-corrected chi connectivity index (χ4v) is 14.6. The van der Waals surface area contributed by atoms with Crippen molar-refractivity contribution in [3.05, 3.63) is 170 Å². The smallest absolute Gasteiger partial charge is 0.304 e. The first-order valence-electron chi connectivity index (χ1n) is 18.5. The molecule has 0 amide bonds. The fraction of sp³-hybridized carbons (Fsp3) is 0.125. The van der Waals surface area contributed by atoms with E-state index in [2.05, 4.69) is 197 Å². The van der Waals surface area contributed by atoms with Crippen LogP contribution in [0.2, 0.25) is 39.3 Å². The van der Waals surface area contributed by atoms with Crippen molar-refractivity contribution in [3.8, 4) is 22.5 Å². The van der Waals surface area contributed by atoms with Gasteiger partial charge in [0, 0.05) is 12.4 Å². The summed E-state index contributed by atoms with van der Waals surface area (Å²) in [5.74, 6) is 0. The van der Waals surface area contributed by atoms with Crippen LogP contribution in [0, 0.1) is 12.1 Å². The summed E-state index contributed by atoms with van der Waals surface area (Å²) in [7, 11) is -6.10. The fourth-order valence-electron chi connectivity index (χ4n) is 7.66. The standard InChI is InChI=1S/C48H44N2Si3.Pt/c1-51(2,3)41-25-23-35-27-29-49-47(45(35)33-41)37-15-13-21-43(31-37)53(39-17-9-7-10-18-39,40-19-11-8-12-20-40)44-22-14-16-38(32-44)48-46-34-42(52(4,5)6)26-24-36(46)28-30-50-48;/h7-30,33-34H,1-6H3;/q-2;+2. The number of benzene rings is 6. The molecule has 0 N–H and O–H groups in total. The molecule has 6 heteroatoms. The first-order chi connectivity index (χ1) is 25.5. The molecule has 8 aromatic rings. The van der Waals surface area contributed by atoms with Crippen LogP contribution in [-0.2, 0) is 21.1 Å². The van der Waals surface area contributed by atoms with E-state index in [4.69, 9.17) is 9.97 Å². The zero-order valence-electron chi connectivity index (χ0n) is 31.7. The van der Waals surface area contributed by atoms with Crippen molar-refractivity contribution < 1.29 is 21.1 Å². The van der Waals surface area contributed by atoms with Crippen LogP contribution in [0.4, 0.5) is 0 Å². The number of nitrogens with zero attached hydrogens (tertiary/aromatic N) is 2. The van der Waals surface area contributed by atoms with Crippen molar-refractivity contribution in [3.63, 3.8) is 0 Å². The topological polar surface area (TPSA) is 25.8 Å². The number of aromatic nitrogens is 2. The molecule has 6 aromatic carbocycles. The molecule has 0 saturated carbocycles. The Morgan fingerprint density at radius 1 is 0.407 bits per heavy atom. The van der Waals surface area contributed by atoms with Crippen LogP contribution in [0.15, 0.2) is 158 Å². The zero-order valence-corrected chi connectivity index (χ0v) is 37.0. The predicted molar refractivity (Wildman–Crippen MR) is 235 cm³/mol. The third-order valence-corrected chi connectivity index (χ3v) is 19.3. The quantitative estimate of drug-likeness (QED) is 0.0874. The van der Waals surface area contributed by atoms with Crippen LogP contribution >= 0.6 is 0 Å². The molecule has 0 spiro atoms. The maximum absolute atomic E-state index is 5.04. The van der Waals surface area contributed by atoms with Crippen LogP contribution in [0.25, 0.3) is 44.1 Å². The maximum atomic E-state index is 5.04. The van der Waals surface area contributed by atoms with Gasteiger partial charge in [-0.15, -0.1) is 70.0 Å². The van der Waals surface area contributed by atoms with Crippen molar-refractivity contribution in [1.82, 2.24) is 9.97 Å². The second-order valence-corrected chi connectivity index (χ2v) is 30.0. The van der Waals surface area contributed by atoms with Gasteiger partial charge >= 0.3 is 21.1 Å². The SMILES string of the molecule is C[Si](C)(C)c1ccc2ccnc(-c3[c-]c([Si](c4[c-]c(-c5nccc6ccc([Si](C)(C)C)cc56)ccc4)(c4ccccc4)c4ccccc4)ccc3)c2c1.[Pt+2]. The van der Waals surface area contributed by atoms with Crippen LogP contribution in [0.3, 0.4) is 0 Å². The van der Waals surface area contributed by atoms with Crippen molar-refractivity contribution in [2.45, 2.75) is 39.3 Å². The average Bonchev–Trinajstić information content (AvgIpc) is 3.18. The first kappa shape index (κ1) is 37.8. The summed E-state index contributed by atoms with van der Waals surface area (Å²) in [5, 5.41) is 12.5. The summed E-state index contributed by atoms with van der Waals surface area (Å²) in [6.07, 6.45) is 3.88. The van der Waals surface area contributed by atoms with Crippen LogP contribution in [-0.4, -0.2) is 34.2 Å². The second kappa shape index (κ2) is 15.0. The summed E-state index contributed by atoms with van der Waals surface area (Å²) in [6.45, 7) is 14.4. The number of fused-ring (bicyclic) bond motifs is 2. The number of rotatable bonds is 8. The zero-order chi connectivity index (χ0) is 36.8. The van der Waals surface area contributed by atoms with Gasteiger partial charge in [-0.1, -0.05) is 147 Å². The third kappa shape index (κ3) is 6.95. The Morgan fingerprint density at radius 3 is 1.20 bits per heavy atom. The third-order valence-electron chi connectivity index (χ3n) is 10.6. The maximum Gasteiger partial charge on any atom is 2.00 e. The number of hydrogen-bond donors (Lipinski definition) is 0. The molecule has 0 bridgehead atoms. The monoisotopic (exact) mass is 927 g/mol. The molecule has 0 radical (unpaired) electrons. The summed E-state index contributed by atoms with van der Waals surface area (Å²) >= 11 is 0. The van der Waals surface area contributed by atoms with Gasteiger partial charge in [-0.2, -0.15) is 0 Å². The molecule has 2 aromatic heterocycles. The summed E-state index contributed by atoms with van der Waals surface area (Å²) < 4.78 is 0. The predicted octanol–water partition coefficient (Wildman–Crippen LogP) is 8.18. The number of hydrogen-bond acceptors (Lipinski definition) is 2. The minimum Gasteiger partial charge on any atom is -0.304 e. The van der Waals surface area contributed by atoms with E-state index in [-0.39, 0.29) is 21.1 Å². The van der Waals surface area contributed by atoms with E-state index in [1.165, 1.54) is 52.7 Å². The van der Waals surface area contributed by atoms with Gasteiger partial charge in [0.2, 0.25) is 0 Å². The van der Waals surface area contributed by atoms with Gasteiger partial charge in [0.15, 0.2) is 0 Å². The van der Waals surface area contributed by atoms with E-state index >= 15 is 0 Å². The van der Waals surface area contributed by atoms with Gasteiger partial charge in [-0.25, -0.2) is 0 Å². The van der Waals surface area contributed by atoms with E-state index < -0.39 is 24.2 Å². The van der Waals surface area contributed by atoms with Gasteiger partial charge in [0.1, 0.15) is 8.07 Å². The van der Waals surface area contributed by atoms with E-state index in [9.17, 15) is 0 Å². The Bertz CT molecular complexity index is 2410. The molecule has 0 aliphatic heterocycles. The Hall–Kier alpha value is -4.52. The molecule has 2 heterocycles. The van der Waals surface area contributed by atoms with Crippen molar-refractivity contribution in [2.24, 2.45) is 0 Å². The molecule has 0 unspecified atom stereocenters. The molecule has 8 rings (SSSR count). The van der Waals surface area contributed by atoms with Crippen molar-refractivity contribution in [2.75, 3.05) is 0 Å². The van der Waals surface area contributed by atoms with Gasteiger partial charge < -0.3 is 9.97 Å². The molecule has 0 fully saturated rings. The van der Waals surface area contributed by atoms with Gasteiger partial charge in [0.25, 0.3) is 0 Å². The molecule has 54 heavy (non-hydrogen) atoms. The second-order valence-electron chi connectivity index (χ2n) is 16.1. The van der Waals surface area contributed by atoms with E-state index in [0.29, 0.717) is 0 Å². The van der Waals surface area contributed by atoms with E-state index in [0.717, 1.165) is 22.5 Å². The van der Waals surface area contributed by atoms with Crippen LogP contribution in [0.1, 0.15) is 0 Å². The van der Waals surface area contributed by atoms with Crippen molar-refractivity contribution >= 4 is 76.9 Å². The Kier molecular flexibility index (Phi) is 10.5. The van der Waals surface area contributed by atoms with Crippen LogP contribution < -0.4 is 31.1 Å². The van der Waals surface area contributed by atoms with Gasteiger partial charge in [0.05, 0.1) is 16.1 Å². The Morgan fingerprint density at radius 2 is 0.815 bits per heavy atom. The normalized spacial score (nSPS) is 12.1. The van der Waals surface area contributed by atoms with E-state index in [1.807, 2.05) is 12.4 Å². The first-order valence-corrected chi connectivity index (χ1v) is 27.5. The largest absolute Gasteiger partial charge is 2.00 e. The molecular weight excluding hydrogens is 884 g/mol. The average molecular weight is 928 g/mol. The molecule has 0 aliphatic carbocycles. The minimum absolute atomic E-state index is 0. The van der Waals surface area contributed by atoms with Crippen molar-refractivity contribution in [1.29, 1.82) is 0 Å². The molecule has 0 atom stereocenters. The molecular formula is C48H44N2PtSi3. The van der Waals surface area contributed by atoms with Gasteiger partial charge in [-0.3, -0.25) is 0 Å². The molecule has 268 valence electrons. The number of pyridine rings is 2. The Balaban J connectivity index is 0.00000450. The molecule has 2 nitrogen and oxygen atoms in total. The van der Waals surface area contributed by atoms with E-state index in [1.54, 1.807) is 0 Å². The summed E-state index contributed by atoms with van der Waals surface area (Å²) in [5.41, 5.74) is 3.97. The summed E-state index contributed by atoms with van der Waals surface area (Å²) in [4.78, 5) is 10.1.